The summed E-state index contributed by atoms with van der Waals surface area (Å²) in [6.07, 6.45) is 16.6. The van der Waals surface area contributed by atoms with Gasteiger partial charge in [-0.3, -0.25) is 4.79 Å². The van der Waals surface area contributed by atoms with Gasteiger partial charge < -0.3 is 29.8 Å². The molecule has 1 aliphatic heterocycles. The Hall–Kier alpha value is -8.86. The molecule has 0 bridgehead atoms. The maximum absolute atomic E-state index is 10.7. The Morgan fingerprint density at radius 2 is 0.525 bits per heavy atom. The maximum atomic E-state index is 9.99. The maximum Gasteiger partial charge on any atom is 1.00 e. The molecule has 7 nitrogen and oxygen atoms in total. The SMILES string of the molecule is C1CCOC1.COc1ccc(/C=C/C=C/c2ccc(OC)cc2)cc1.COc1ccc(/C=C/C=O)cc1.COc1ccc(C[P+](c2ccccc2)(c2ccccc2)c2ccccc2)cc1.COc1ccc(C[P+](c2ccccc2)(c2ccccc2)c2ccccc2)cc1.F[P-](F)(F)(F)(F)F.[H-].[Na+]. The molecule has 17 heteroatoms. The van der Waals surface area contributed by atoms with Crippen molar-refractivity contribution >= 4 is 78.7 Å². The van der Waals surface area contributed by atoms with E-state index in [0.29, 0.717) is 0 Å². The van der Waals surface area contributed by atoms with Crippen molar-refractivity contribution < 1.29 is 89.4 Å². The van der Waals surface area contributed by atoms with Gasteiger partial charge in [-0.2, -0.15) is 0 Å². The van der Waals surface area contributed by atoms with E-state index in [1.165, 1.54) is 61.9 Å². The molecule has 1 saturated heterocycles. The summed E-state index contributed by atoms with van der Waals surface area (Å²) < 4.78 is 90.1. The van der Waals surface area contributed by atoms with Crippen LogP contribution in [0.5, 0.6) is 28.7 Å². The van der Waals surface area contributed by atoms with Crippen molar-refractivity contribution in [1.82, 2.24) is 0 Å². The van der Waals surface area contributed by atoms with Crippen LogP contribution in [-0.4, -0.2) is 55.0 Å². The van der Waals surface area contributed by atoms with Crippen molar-refractivity contribution in [3.05, 3.63) is 349 Å². The van der Waals surface area contributed by atoms with E-state index in [4.69, 9.17) is 28.4 Å². The normalized spacial score (nSPS) is 12.4. The number of ether oxygens (including phenoxy) is 6. The molecule has 101 heavy (non-hydrogen) atoms. The zero-order valence-electron chi connectivity index (χ0n) is 58.6. The molecule has 11 aromatic carbocycles. The van der Waals surface area contributed by atoms with Gasteiger partial charge in [0.1, 0.15) is 81.4 Å². The number of methoxy groups -OCH3 is 5. The van der Waals surface area contributed by atoms with Crippen LogP contribution in [0.25, 0.3) is 18.2 Å². The van der Waals surface area contributed by atoms with Crippen LogP contribution >= 0.6 is 22.3 Å². The van der Waals surface area contributed by atoms with E-state index < -0.39 is 22.3 Å². The fourth-order valence-electron chi connectivity index (χ4n) is 10.7. The molecule has 0 N–H and O–H groups in total. The first kappa shape index (κ1) is 81.1. The monoisotopic (exact) mass is 1440 g/mol. The van der Waals surface area contributed by atoms with Crippen molar-refractivity contribution in [2.75, 3.05) is 48.8 Å². The van der Waals surface area contributed by atoms with Crippen molar-refractivity contribution in [1.29, 1.82) is 0 Å². The van der Waals surface area contributed by atoms with Crippen LogP contribution in [0.2, 0.25) is 0 Å². The number of rotatable bonds is 20. The predicted molar refractivity (Wildman–Crippen MR) is 411 cm³/mol. The Kier molecular flexibility index (Phi) is 32.6. The van der Waals surface area contributed by atoms with Crippen LogP contribution in [0, 0.1) is 0 Å². The van der Waals surface area contributed by atoms with E-state index in [1.54, 1.807) is 41.6 Å². The van der Waals surface area contributed by atoms with E-state index in [9.17, 15) is 30.0 Å². The zero-order chi connectivity index (χ0) is 71.4. The zero-order valence-corrected chi connectivity index (χ0v) is 62.3. The molecule has 1 fully saturated rings. The number of halogens is 6. The molecule has 0 unspecified atom stereocenters. The summed E-state index contributed by atoms with van der Waals surface area (Å²) in [6, 6.07) is 106. The number of allylic oxidation sites excluding steroid dienone is 3. The minimum Gasteiger partial charge on any atom is -1.00 e. The summed E-state index contributed by atoms with van der Waals surface area (Å²) in [4.78, 5) is 9.99. The van der Waals surface area contributed by atoms with Gasteiger partial charge in [0.2, 0.25) is 0 Å². The topological polar surface area (TPSA) is 72.5 Å². The summed E-state index contributed by atoms with van der Waals surface area (Å²) in [7, 11) is -5.95. The van der Waals surface area contributed by atoms with E-state index in [1.807, 2.05) is 84.9 Å². The second-order valence-corrected chi connectivity index (χ2v) is 31.3. The number of benzene rings is 11. The summed E-state index contributed by atoms with van der Waals surface area (Å²) in [5.74, 6) is 4.35. The quantitative estimate of drug-likeness (QED) is 0.0188. The second-order valence-electron chi connectivity index (χ2n) is 22.5. The summed E-state index contributed by atoms with van der Waals surface area (Å²) >= 11 is 0. The summed E-state index contributed by atoms with van der Waals surface area (Å²) in [6.45, 7) is 2.00. The molecule has 0 atom stereocenters. The first-order valence-corrected chi connectivity index (χ1v) is 38.2. The van der Waals surface area contributed by atoms with Gasteiger partial charge in [0, 0.05) is 13.2 Å². The van der Waals surface area contributed by atoms with Gasteiger partial charge in [-0.25, -0.2) is 0 Å². The van der Waals surface area contributed by atoms with Crippen LogP contribution in [0.4, 0.5) is 25.2 Å². The minimum atomic E-state index is -10.7. The third-order valence-electron chi connectivity index (χ3n) is 15.6. The number of hydrogen-bond donors (Lipinski definition) is 0. The fourth-order valence-corrected chi connectivity index (χ4v) is 19.2. The molecular formula is C84H85F6NaO7P3+. The van der Waals surface area contributed by atoms with Crippen molar-refractivity contribution in [2.45, 2.75) is 25.2 Å². The second kappa shape index (κ2) is 40.5. The van der Waals surface area contributed by atoms with Gasteiger partial charge in [-0.15, -0.1) is 0 Å². The van der Waals surface area contributed by atoms with Gasteiger partial charge in [0.05, 0.1) is 47.9 Å². The average Bonchev–Trinajstić information content (AvgIpc) is 0.854. The van der Waals surface area contributed by atoms with Crippen LogP contribution in [0.3, 0.4) is 0 Å². The van der Waals surface area contributed by atoms with Crippen LogP contribution in [0.15, 0.2) is 322 Å². The molecule has 0 aliphatic carbocycles. The van der Waals surface area contributed by atoms with Crippen LogP contribution in [0.1, 0.15) is 42.1 Å². The van der Waals surface area contributed by atoms with Gasteiger partial charge in [0.25, 0.3) is 0 Å². The predicted octanol–water partition coefficient (Wildman–Crippen LogP) is 18.0. The van der Waals surface area contributed by atoms with E-state index in [-0.39, 0.29) is 31.0 Å². The molecule has 1 aliphatic rings. The van der Waals surface area contributed by atoms with Crippen LogP contribution < -0.4 is 85.1 Å². The Bertz CT molecular complexity index is 3780. The summed E-state index contributed by atoms with van der Waals surface area (Å²) in [5.41, 5.74) is 5.93. The van der Waals surface area contributed by atoms with E-state index in [2.05, 4.69) is 243 Å². The molecule has 520 valence electrons. The first-order chi connectivity index (χ1) is 48.3. The van der Waals surface area contributed by atoms with Gasteiger partial charge in [-0.1, -0.05) is 200 Å². The Labute approximate surface area is 615 Å². The largest absolute Gasteiger partial charge is 1.00 e. The van der Waals surface area contributed by atoms with Crippen molar-refractivity contribution in [3.8, 4) is 28.7 Å². The van der Waals surface area contributed by atoms with Crippen molar-refractivity contribution in [3.63, 3.8) is 0 Å². The van der Waals surface area contributed by atoms with Gasteiger partial charge in [-0.05, 0) is 180 Å². The van der Waals surface area contributed by atoms with E-state index in [0.717, 1.165) is 77.3 Å². The minimum absolute atomic E-state index is 0. The molecule has 0 saturated carbocycles. The molecular weight excluding hydrogens is 1350 g/mol. The molecule has 0 spiro atoms. The Morgan fingerprint density at radius 1 is 0.327 bits per heavy atom. The first-order valence-electron chi connectivity index (χ1n) is 32.2. The number of carbonyl (C=O) groups excluding carboxylic acids is 1. The third kappa shape index (κ3) is 27.9. The molecule has 1 heterocycles. The van der Waals surface area contributed by atoms with Gasteiger partial charge in [0.15, 0.2) is 0 Å². The van der Waals surface area contributed by atoms with Crippen molar-refractivity contribution in [2.24, 2.45) is 0 Å². The number of hydrogen-bond acceptors (Lipinski definition) is 7. The Morgan fingerprint density at radius 3 is 0.703 bits per heavy atom. The van der Waals surface area contributed by atoms with E-state index >= 15 is 0 Å². The average molecular weight is 1440 g/mol. The van der Waals surface area contributed by atoms with Gasteiger partial charge >= 0.3 is 62.5 Å². The molecule has 0 aromatic heterocycles. The Balaban J connectivity index is 0.000000237. The number of carbonyl (C=O) groups is 1. The number of aldehydes is 1. The van der Waals surface area contributed by atoms with Crippen LogP contribution in [-0.2, 0) is 21.9 Å². The smallest absolute Gasteiger partial charge is 1.00 e. The third-order valence-corrected chi connectivity index (χ3v) is 24.3. The fraction of sp³-hybridized carbons (Fsp3) is 0.131. The standard InChI is InChI=1S/2C26H24OP.C18H18O2.C10H10O2.C4H8O.F6P.Na.H/c2*1-27-23-19-17-22(18-20-23)21-28(24-11-5-2-6-12-24,25-13-7-3-8-14-25)26-15-9-4-10-16-26;1-19-17-11-7-15(8-12-17)5-3-4-6-16-9-13-18(20-2)14-10-16;1-12-10-6-4-9(5-7-10)3-2-8-11;1-2-4-5-3-1;1-7(2,3,4,5)6;;/h2*2-20H,21H2,1H3;3-14H,1-2H3;2-8H,1H3;1-4H2;;;/q2*+1;;;;-1;+1;-1/b;;5-3+,6-4+;3-2+;;;;. The molecule has 0 radical (unpaired) electrons. The summed E-state index contributed by atoms with van der Waals surface area (Å²) in [5, 5.41) is 8.43. The molecule has 0 amide bonds. The molecule has 12 rings (SSSR count). The molecule has 11 aromatic rings.